The van der Waals surface area contributed by atoms with Crippen molar-refractivity contribution in [1.82, 2.24) is 10.3 Å². The van der Waals surface area contributed by atoms with E-state index in [1.165, 1.54) is 32.5 Å². The maximum absolute atomic E-state index is 13.4. The lowest BCUT2D eigenvalue weighted by Gasteiger charge is -2.70. The van der Waals surface area contributed by atoms with E-state index in [0.29, 0.717) is 23.6 Å². The van der Waals surface area contributed by atoms with Crippen molar-refractivity contribution < 1.29 is 28.2 Å². The number of amides is 1. The van der Waals surface area contributed by atoms with Crippen LogP contribution >= 0.6 is 11.6 Å². The number of methoxy groups -OCH3 is 2. The van der Waals surface area contributed by atoms with Gasteiger partial charge in [0.2, 0.25) is 0 Å². The Balaban J connectivity index is 1.26. The molecule has 2 aromatic rings. The summed E-state index contributed by atoms with van der Waals surface area (Å²) in [5.74, 6) is 0.219. The zero-order chi connectivity index (χ0) is 22.2. The van der Waals surface area contributed by atoms with E-state index < -0.39 is 5.82 Å². The number of nitrogens with one attached hydrogen (secondary N) is 1. The lowest BCUT2D eigenvalue weighted by Crippen LogP contribution is -2.75. The maximum Gasteiger partial charge on any atom is 0.258 e. The summed E-state index contributed by atoms with van der Waals surface area (Å²) in [6, 6.07) is 5.60. The van der Waals surface area contributed by atoms with Crippen LogP contribution in [0.1, 0.15) is 36.2 Å². The van der Waals surface area contributed by atoms with Crippen LogP contribution in [0.2, 0.25) is 5.02 Å². The number of ether oxygens (including phenoxy) is 3. The highest BCUT2D eigenvalue weighted by Gasteiger charge is 2.68. The second-order valence-electron chi connectivity index (χ2n) is 8.25. The molecule has 0 radical (unpaired) electrons. The molecule has 1 N–H and O–H groups in total. The molecule has 1 heterocycles. The monoisotopic (exact) mass is 448 g/mol. The summed E-state index contributed by atoms with van der Waals surface area (Å²) in [6.45, 7) is -0.218. The zero-order valence-corrected chi connectivity index (χ0v) is 17.9. The number of nitrogens with zero attached hydrogens (tertiary/aromatic N) is 1. The predicted molar refractivity (Wildman–Crippen MR) is 110 cm³/mol. The molecular formula is C22H22ClFN2O5. The average Bonchev–Trinajstić information content (AvgIpc) is 2.71. The molecule has 3 saturated carbocycles. The van der Waals surface area contributed by atoms with Crippen molar-refractivity contribution in [3.05, 3.63) is 47.0 Å². The number of hydrogen-bond acceptors (Lipinski definition) is 6. The van der Waals surface area contributed by atoms with E-state index in [-0.39, 0.29) is 40.0 Å². The van der Waals surface area contributed by atoms with Gasteiger partial charge in [0.05, 0.1) is 25.4 Å². The van der Waals surface area contributed by atoms with Crippen LogP contribution in [0.25, 0.3) is 0 Å². The number of carbonyl (C=O) groups excluding carboxylic acids is 2. The Morgan fingerprint density at radius 1 is 1.16 bits per heavy atom. The Bertz CT molecular complexity index is 1020. The van der Waals surface area contributed by atoms with Gasteiger partial charge in [0.25, 0.3) is 5.91 Å². The number of ketones is 1. The number of rotatable bonds is 9. The zero-order valence-electron chi connectivity index (χ0n) is 17.2. The minimum atomic E-state index is -0.602. The van der Waals surface area contributed by atoms with Gasteiger partial charge < -0.3 is 19.5 Å². The van der Waals surface area contributed by atoms with E-state index in [1.807, 2.05) is 0 Å². The second kappa shape index (κ2) is 8.00. The van der Waals surface area contributed by atoms with Gasteiger partial charge in [-0.2, -0.15) is 0 Å². The highest BCUT2D eigenvalue weighted by Crippen LogP contribution is 2.69. The van der Waals surface area contributed by atoms with Crippen LogP contribution in [0, 0.1) is 11.2 Å². The Labute approximate surface area is 183 Å². The van der Waals surface area contributed by atoms with Crippen LogP contribution in [-0.4, -0.2) is 43.0 Å². The molecule has 164 valence electrons. The van der Waals surface area contributed by atoms with E-state index in [4.69, 9.17) is 25.8 Å². The number of pyridine rings is 1. The van der Waals surface area contributed by atoms with Crippen molar-refractivity contribution in [2.45, 2.75) is 31.2 Å². The van der Waals surface area contributed by atoms with Crippen LogP contribution in [-0.2, 0) is 4.79 Å². The van der Waals surface area contributed by atoms with Crippen molar-refractivity contribution in [3.8, 4) is 17.2 Å². The van der Waals surface area contributed by atoms with Gasteiger partial charge in [-0.1, -0.05) is 11.6 Å². The summed E-state index contributed by atoms with van der Waals surface area (Å²) >= 11 is 5.63. The molecule has 0 spiro atoms. The fourth-order valence-corrected chi connectivity index (χ4v) is 4.80. The Kier molecular flexibility index (Phi) is 5.51. The molecule has 5 rings (SSSR count). The van der Waals surface area contributed by atoms with Gasteiger partial charge in [-0.3, -0.25) is 9.59 Å². The lowest BCUT2D eigenvalue weighted by atomic mass is 9.38. The number of hydrogen-bond donors (Lipinski definition) is 1. The summed E-state index contributed by atoms with van der Waals surface area (Å²) in [5.41, 5.74) is -0.0415. The molecule has 0 saturated heterocycles. The van der Waals surface area contributed by atoms with Crippen molar-refractivity contribution in [1.29, 1.82) is 0 Å². The number of benzene rings is 1. The Hall–Kier alpha value is -2.87. The molecule has 1 amide bonds. The summed E-state index contributed by atoms with van der Waals surface area (Å²) < 4.78 is 29.1. The number of carbonyl (C=O) groups is 2. The highest BCUT2D eigenvalue weighted by molar-refractivity contribution is 6.30. The number of aromatic nitrogens is 1. The molecule has 1 aromatic heterocycles. The third-order valence-corrected chi connectivity index (χ3v) is 6.20. The van der Waals surface area contributed by atoms with Crippen molar-refractivity contribution in [3.63, 3.8) is 0 Å². The van der Waals surface area contributed by atoms with Gasteiger partial charge in [-0.25, -0.2) is 9.37 Å². The Morgan fingerprint density at radius 3 is 2.52 bits per heavy atom. The van der Waals surface area contributed by atoms with Gasteiger partial charge >= 0.3 is 0 Å². The van der Waals surface area contributed by atoms with Crippen molar-refractivity contribution in [2.24, 2.45) is 5.41 Å². The normalized spacial score (nSPS) is 23.2. The summed E-state index contributed by atoms with van der Waals surface area (Å²) in [5, 5.41) is 2.97. The summed E-state index contributed by atoms with van der Waals surface area (Å²) in [4.78, 5) is 29.1. The molecule has 0 atom stereocenters. The molecule has 3 aliphatic rings. The number of Topliss-reactive ketones (excluding diaryl/α,β-unsaturated/α-hetero) is 1. The third-order valence-electron chi connectivity index (χ3n) is 5.90. The molecule has 1 aromatic carbocycles. The first-order valence-corrected chi connectivity index (χ1v) is 10.1. The lowest BCUT2D eigenvalue weighted by molar-refractivity contribution is -0.164. The highest BCUT2D eigenvalue weighted by atomic mass is 35.5. The van der Waals surface area contributed by atoms with Crippen molar-refractivity contribution >= 4 is 23.3 Å². The van der Waals surface area contributed by atoms with Crippen LogP contribution in [0.5, 0.6) is 17.2 Å². The first-order chi connectivity index (χ1) is 14.8. The van der Waals surface area contributed by atoms with Gasteiger partial charge in [-0.15, -0.1) is 0 Å². The van der Waals surface area contributed by atoms with Crippen LogP contribution < -0.4 is 19.5 Å². The number of halogens is 2. The minimum Gasteiger partial charge on any atom is -0.493 e. The molecule has 2 bridgehead atoms. The van der Waals surface area contributed by atoms with Gasteiger partial charge in [0.1, 0.15) is 17.3 Å². The van der Waals surface area contributed by atoms with Gasteiger partial charge in [0.15, 0.2) is 23.9 Å². The van der Waals surface area contributed by atoms with Crippen LogP contribution in [0.3, 0.4) is 0 Å². The van der Waals surface area contributed by atoms with Gasteiger partial charge in [-0.05, 0) is 36.8 Å². The van der Waals surface area contributed by atoms with Crippen LogP contribution in [0.4, 0.5) is 4.39 Å². The molecule has 9 heteroatoms. The Morgan fingerprint density at radius 2 is 1.87 bits per heavy atom. The molecular weight excluding hydrogens is 427 g/mol. The van der Waals surface area contributed by atoms with Crippen LogP contribution in [0.15, 0.2) is 30.5 Å². The molecule has 0 aliphatic heterocycles. The van der Waals surface area contributed by atoms with E-state index in [0.717, 1.165) is 25.3 Å². The van der Waals surface area contributed by atoms with E-state index >= 15 is 0 Å². The van der Waals surface area contributed by atoms with E-state index in [1.54, 1.807) is 6.07 Å². The SMILES string of the molecule is COc1cnc(C(=O)CC23CC(NC(=O)COc4ccc(Cl)c(F)c4)(C2)C3)cc1OC. The minimum absolute atomic E-state index is 0.00574. The molecule has 3 aliphatic carbocycles. The maximum atomic E-state index is 13.4. The molecule has 0 unspecified atom stereocenters. The topological polar surface area (TPSA) is 86.8 Å². The second-order valence-corrected chi connectivity index (χ2v) is 8.66. The fourth-order valence-electron chi connectivity index (χ4n) is 4.69. The largest absolute Gasteiger partial charge is 0.493 e. The summed E-state index contributed by atoms with van der Waals surface area (Å²) in [7, 11) is 3.02. The quantitative estimate of drug-likeness (QED) is 0.590. The smallest absolute Gasteiger partial charge is 0.258 e. The van der Waals surface area contributed by atoms with E-state index in [2.05, 4.69) is 10.3 Å². The molecule has 31 heavy (non-hydrogen) atoms. The molecule has 3 fully saturated rings. The fraction of sp³-hybridized carbons (Fsp3) is 0.409. The van der Waals surface area contributed by atoms with Crippen molar-refractivity contribution in [2.75, 3.05) is 20.8 Å². The average molecular weight is 449 g/mol. The van der Waals surface area contributed by atoms with E-state index in [9.17, 15) is 14.0 Å². The third kappa shape index (κ3) is 4.17. The standard InChI is InChI=1S/C22H22ClFN2O5/c1-29-18-6-16(25-8-19(18)30-2)17(27)7-21-10-22(11-21,12-21)26-20(28)9-31-13-3-4-14(23)15(24)5-13/h3-6,8H,7,9-12H2,1-2H3,(H,26,28). The summed E-state index contributed by atoms with van der Waals surface area (Å²) in [6.07, 6.45) is 4.05. The molecule has 7 nitrogen and oxygen atoms in total. The van der Waals surface area contributed by atoms with Gasteiger partial charge in [0, 0.05) is 24.1 Å². The first-order valence-electron chi connectivity index (χ1n) is 9.77. The predicted octanol–water partition coefficient (Wildman–Crippen LogP) is 3.58. The first kappa shape index (κ1) is 21.4.